The Morgan fingerprint density at radius 1 is 1.09 bits per heavy atom. The predicted molar refractivity (Wildman–Crippen MR) is 120 cm³/mol. The second-order valence-corrected chi connectivity index (χ2v) is 9.26. The van der Waals surface area contributed by atoms with Gasteiger partial charge >= 0.3 is 0 Å². The van der Waals surface area contributed by atoms with Crippen molar-refractivity contribution in [3.8, 4) is 0 Å². The molecule has 1 saturated carbocycles. The molecule has 4 aliphatic rings. The molecular weight excluding hydrogens is 441 g/mol. The van der Waals surface area contributed by atoms with Crippen molar-refractivity contribution in [1.82, 2.24) is 30.1 Å². The van der Waals surface area contributed by atoms with Gasteiger partial charge in [-0.05, 0) is 12.3 Å². The van der Waals surface area contributed by atoms with Gasteiger partial charge in [0.1, 0.15) is 5.83 Å². The van der Waals surface area contributed by atoms with Crippen molar-refractivity contribution in [2.24, 2.45) is 16.8 Å². The van der Waals surface area contributed by atoms with E-state index < -0.39 is 29.5 Å². The average Bonchev–Trinajstić information content (AvgIpc) is 3.64. The lowest BCUT2D eigenvalue weighted by atomic mass is 9.88. The van der Waals surface area contributed by atoms with Crippen molar-refractivity contribution >= 4 is 23.4 Å². The normalized spacial score (nSPS) is 24.8. The van der Waals surface area contributed by atoms with Crippen molar-refractivity contribution in [3.63, 3.8) is 0 Å². The molecule has 34 heavy (non-hydrogen) atoms. The largest absolute Gasteiger partial charge is 0.380 e. The van der Waals surface area contributed by atoms with E-state index in [4.69, 9.17) is 0 Å². The van der Waals surface area contributed by atoms with Crippen molar-refractivity contribution in [3.05, 3.63) is 36.2 Å². The van der Waals surface area contributed by atoms with E-state index >= 15 is 0 Å². The number of hydrogen-bond donors (Lipinski definition) is 1. The van der Waals surface area contributed by atoms with Crippen LogP contribution < -0.4 is 5.32 Å². The number of piperazine rings is 1. The number of carbonyl (C=O) groups is 3. The summed E-state index contributed by atoms with van der Waals surface area (Å²) in [6.07, 6.45) is 11.9. The summed E-state index contributed by atoms with van der Waals surface area (Å²) in [6.45, 7) is 1.39. The zero-order chi connectivity index (χ0) is 23.7. The highest BCUT2D eigenvalue weighted by molar-refractivity contribution is 6.43. The molecule has 1 aliphatic carbocycles. The summed E-state index contributed by atoms with van der Waals surface area (Å²) < 4.78 is 16.1. The van der Waals surface area contributed by atoms with E-state index in [2.05, 4.69) is 20.6 Å². The maximum atomic E-state index is 14.7. The molecule has 4 heterocycles. The van der Waals surface area contributed by atoms with Crippen LogP contribution in [0.25, 0.3) is 0 Å². The van der Waals surface area contributed by atoms with Gasteiger partial charge in [0.2, 0.25) is 11.7 Å². The lowest BCUT2D eigenvalue weighted by Gasteiger charge is -2.35. The summed E-state index contributed by atoms with van der Waals surface area (Å²) in [6, 6.07) is -0.659. The Labute approximate surface area is 196 Å². The van der Waals surface area contributed by atoms with Crippen molar-refractivity contribution in [2.75, 3.05) is 26.2 Å². The third kappa shape index (κ3) is 4.26. The Bertz CT molecular complexity index is 1050. The Morgan fingerprint density at radius 3 is 2.53 bits per heavy atom. The molecule has 1 saturated heterocycles. The fourth-order valence-electron chi connectivity index (χ4n) is 5.31. The minimum absolute atomic E-state index is 0.0614. The van der Waals surface area contributed by atoms with Gasteiger partial charge in [0.15, 0.2) is 5.84 Å². The van der Waals surface area contributed by atoms with Gasteiger partial charge in [-0.1, -0.05) is 30.9 Å². The topological polar surface area (TPSA) is 113 Å². The molecule has 3 aliphatic heterocycles. The van der Waals surface area contributed by atoms with Crippen molar-refractivity contribution < 1.29 is 18.8 Å². The monoisotopic (exact) mass is 469 g/mol. The maximum absolute atomic E-state index is 14.7. The molecule has 2 fully saturated rings. The van der Waals surface area contributed by atoms with Crippen LogP contribution in [0.4, 0.5) is 4.39 Å². The summed E-state index contributed by atoms with van der Waals surface area (Å²) in [7, 11) is 0. The molecule has 0 bridgehead atoms. The SMILES string of the molecule is O=C(C(=O)N1CCN(C(=O)CCC2CCCC2)CC1)C1=CNC2C(n3ccnn3)=NC=C(F)C12. The van der Waals surface area contributed by atoms with E-state index in [1.165, 1.54) is 47.7 Å². The molecule has 180 valence electrons. The van der Waals surface area contributed by atoms with Crippen LogP contribution in [-0.4, -0.2) is 80.4 Å². The summed E-state index contributed by atoms with van der Waals surface area (Å²) in [5.41, 5.74) is 0.0614. The van der Waals surface area contributed by atoms with Gasteiger partial charge in [0.05, 0.1) is 30.6 Å². The first kappa shape index (κ1) is 22.4. The molecule has 1 aromatic heterocycles. The Kier molecular flexibility index (Phi) is 6.25. The number of carbonyl (C=O) groups excluding carboxylic acids is 3. The van der Waals surface area contributed by atoms with Crippen LogP contribution in [0.5, 0.6) is 0 Å². The van der Waals surface area contributed by atoms with Gasteiger partial charge in [-0.15, -0.1) is 5.10 Å². The van der Waals surface area contributed by atoms with E-state index in [0.717, 1.165) is 12.6 Å². The third-order valence-electron chi connectivity index (χ3n) is 7.26. The van der Waals surface area contributed by atoms with Crippen LogP contribution in [0.15, 0.2) is 41.2 Å². The van der Waals surface area contributed by atoms with Gasteiger partial charge in [-0.3, -0.25) is 14.4 Å². The van der Waals surface area contributed by atoms with Gasteiger partial charge in [-0.25, -0.2) is 14.1 Å². The number of hydrogen-bond acceptors (Lipinski definition) is 7. The number of nitrogens with zero attached hydrogens (tertiary/aromatic N) is 6. The molecule has 1 N–H and O–H groups in total. The highest BCUT2D eigenvalue weighted by Gasteiger charge is 2.44. The minimum atomic E-state index is -0.952. The third-order valence-corrected chi connectivity index (χ3v) is 7.26. The Hall–Kier alpha value is -3.37. The highest BCUT2D eigenvalue weighted by atomic mass is 19.1. The van der Waals surface area contributed by atoms with E-state index in [0.29, 0.717) is 44.4 Å². The van der Waals surface area contributed by atoms with Gasteiger partial charge < -0.3 is 15.1 Å². The number of rotatable bonds is 5. The number of aliphatic imine (C=N–C) groups is 1. The predicted octanol–water partition coefficient (Wildman–Crippen LogP) is 1.03. The lowest BCUT2D eigenvalue weighted by Crippen LogP contribution is -2.52. The van der Waals surface area contributed by atoms with E-state index in [1.807, 2.05) is 0 Å². The molecule has 2 amide bonds. The molecule has 0 radical (unpaired) electrons. The van der Waals surface area contributed by atoms with Crippen LogP contribution in [0, 0.1) is 11.8 Å². The van der Waals surface area contributed by atoms with Crippen LogP contribution in [0.1, 0.15) is 38.5 Å². The first-order valence-corrected chi connectivity index (χ1v) is 11.9. The Morgan fingerprint density at radius 2 is 1.82 bits per heavy atom. The summed E-state index contributed by atoms with van der Waals surface area (Å²) in [4.78, 5) is 45.9. The second-order valence-electron chi connectivity index (χ2n) is 9.26. The molecule has 1 aromatic rings. The molecule has 2 atom stereocenters. The van der Waals surface area contributed by atoms with E-state index in [-0.39, 0.29) is 11.5 Å². The molecule has 2 unspecified atom stereocenters. The fourth-order valence-corrected chi connectivity index (χ4v) is 5.31. The molecule has 0 aromatic carbocycles. The number of aromatic nitrogens is 3. The summed E-state index contributed by atoms with van der Waals surface area (Å²) in [5.74, 6) is -1.81. The van der Waals surface area contributed by atoms with Crippen LogP contribution >= 0.6 is 0 Å². The number of nitrogens with one attached hydrogen (secondary N) is 1. The highest BCUT2D eigenvalue weighted by Crippen LogP contribution is 2.34. The van der Waals surface area contributed by atoms with Crippen molar-refractivity contribution in [2.45, 2.75) is 44.6 Å². The summed E-state index contributed by atoms with van der Waals surface area (Å²) in [5, 5.41) is 10.6. The van der Waals surface area contributed by atoms with Crippen molar-refractivity contribution in [1.29, 1.82) is 0 Å². The molecule has 10 nitrogen and oxygen atoms in total. The molecule has 5 rings (SSSR count). The van der Waals surface area contributed by atoms with E-state index in [9.17, 15) is 18.8 Å². The minimum Gasteiger partial charge on any atom is -0.380 e. The second kappa shape index (κ2) is 9.47. The number of halogens is 1. The first-order valence-electron chi connectivity index (χ1n) is 11.9. The number of ketones is 1. The van der Waals surface area contributed by atoms with Gasteiger partial charge in [-0.2, -0.15) is 0 Å². The summed E-state index contributed by atoms with van der Waals surface area (Å²) >= 11 is 0. The maximum Gasteiger partial charge on any atom is 0.294 e. The van der Waals surface area contributed by atoms with Crippen LogP contribution in [0.2, 0.25) is 0 Å². The van der Waals surface area contributed by atoms with Gasteiger partial charge in [0, 0.05) is 44.4 Å². The van der Waals surface area contributed by atoms with E-state index in [1.54, 1.807) is 11.1 Å². The molecular formula is C23H28FN7O3. The fraction of sp³-hybridized carbons (Fsp3) is 0.565. The molecule has 11 heteroatoms. The zero-order valence-corrected chi connectivity index (χ0v) is 18.9. The van der Waals surface area contributed by atoms with Crippen LogP contribution in [-0.2, 0) is 14.4 Å². The standard InChI is InChI=1S/C23H28FN7O3/c24-17-14-26-22(31-8-7-27-28-31)20-19(17)16(13-25-20)21(33)23(34)30-11-9-29(10-12-30)18(32)6-5-15-3-1-2-4-15/h7-8,13-15,19-20,25H,1-6,9-12H2. The zero-order valence-electron chi connectivity index (χ0n) is 18.9. The Balaban J connectivity index is 1.17. The first-order chi connectivity index (χ1) is 16.5. The van der Waals surface area contributed by atoms with Crippen LogP contribution in [0.3, 0.4) is 0 Å². The quantitative estimate of drug-likeness (QED) is 0.645. The number of Topliss-reactive ketones (excluding diaryl/α,β-unsaturated/α-hetero) is 1. The molecule has 0 spiro atoms. The van der Waals surface area contributed by atoms with Gasteiger partial charge in [0.25, 0.3) is 5.91 Å². The smallest absolute Gasteiger partial charge is 0.294 e. The lowest BCUT2D eigenvalue weighted by molar-refractivity contribution is -0.146. The number of fused-ring (bicyclic) bond motifs is 1. The number of amides is 2. The average molecular weight is 470 g/mol.